The number of hydrogen-bond acceptors (Lipinski definition) is 2. The van der Waals surface area contributed by atoms with Gasteiger partial charge in [-0.25, -0.2) is 13.6 Å². The quantitative estimate of drug-likeness (QED) is 0.819. The lowest BCUT2D eigenvalue weighted by atomic mass is 10.0. The third kappa shape index (κ3) is 5.32. The SMILES string of the molecule is CC(COc1c(F)cc(Br)cc1F)CC(C)NC(=O)O. The van der Waals surface area contributed by atoms with Crippen molar-refractivity contribution in [3.8, 4) is 5.75 Å². The summed E-state index contributed by atoms with van der Waals surface area (Å²) in [5, 5.41) is 10.9. The van der Waals surface area contributed by atoms with Crippen LogP contribution in [0, 0.1) is 17.6 Å². The zero-order valence-corrected chi connectivity index (χ0v) is 12.7. The molecular weight excluding hydrogens is 336 g/mol. The zero-order chi connectivity index (χ0) is 15.3. The number of halogens is 3. The van der Waals surface area contributed by atoms with E-state index >= 15 is 0 Å². The molecule has 1 amide bonds. The minimum atomic E-state index is -1.10. The Balaban J connectivity index is 2.53. The number of benzene rings is 1. The van der Waals surface area contributed by atoms with Gasteiger partial charge < -0.3 is 15.2 Å². The van der Waals surface area contributed by atoms with E-state index in [1.165, 1.54) is 0 Å². The van der Waals surface area contributed by atoms with Gasteiger partial charge in [-0.05, 0) is 31.4 Å². The predicted molar refractivity (Wildman–Crippen MR) is 74.0 cm³/mol. The highest BCUT2D eigenvalue weighted by Crippen LogP contribution is 2.26. The van der Waals surface area contributed by atoms with Gasteiger partial charge >= 0.3 is 6.09 Å². The van der Waals surface area contributed by atoms with Crippen molar-refractivity contribution in [1.82, 2.24) is 5.32 Å². The van der Waals surface area contributed by atoms with E-state index in [-0.39, 0.29) is 18.6 Å². The summed E-state index contributed by atoms with van der Waals surface area (Å²) in [5.41, 5.74) is 0. The fraction of sp³-hybridized carbons (Fsp3) is 0.462. The Morgan fingerprint density at radius 2 is 1.95 bits per heavy atom. The highest BCUT2D eigenvalue weighted by Gasteiger charge is 2.15. The molecule has 0 radical (unpaired) electrons. The molecule has 4 nitrogen and oxygen atoms in total. The first-order valence-electron chi connectivity index (χ1n) is 6.06. The molecule has 1 rings (SSSR count). The lowest BCUT2D eigenvalue weighted by Gasteiger charge is -2.18. The Hall–Kier alpha value is -1.37. The third-order valence-corrected chi connectivity index (χ3v) is 3.06. The molecule has 2 atom stereocenters. The molecule has 1 aromatic carbocycles. The number of nitrogens with one attached hydrogen (secondary N) is 1. The predicted octanol–water partition coefficient (Wildman–Crippen LogP) is 3.79. The Morgan fingerprint density at radius 1 is 1.40 bits per heavy atom. The molecule has 0 aliphatic heterocycles. The molecular formula is C13H16BrF2NO3. The van der Waals surface area contributed by atoms with Crippen LogP contribution in [0.2, 0.25) is 0 Å². The number of carboxylic acid groups (broad SMARTS) is 1. The van der Waals surface area contributed by atoms with Crippen molar-refractivity contribution in [3.63, 3.8) is 0 Å². The summed E-state index contributed by atoms with van der Waals surface area (Å²) in [6.45, 7) is 3.63. The summed E-state index contributed by atoms with van der Waals surface area (Å²) in [7, 11) is 0. The number of hydrogen-bond donors (Lipinski definition) is 2. The van der Waals surface area contributed by atoms with E-state index in [4.69, 9.17) is 9.84 Å². The fourth-order valence-corrected chi connectivity index (χ4v) is 2.24. The highest BCUT2D eigenvalue weighted by molar-refractivity contribution is 9.10. The molecule has 0 heterocycles. The lowest BCUT2D eigenvalue weighted by molar-refractivity contribution is 0.184. The van der Waals surface area contributed by atoms with Crippen molar-refractivity contribution in [2.24, 2.45) is 5.92 Å². The van der Waals surface area contributed by atoms with Crippen LogP contribution in [0.1, 0.15) is 20.3 Å². The molecule has 0 saturated heterocycles. The summed E-state index contributed by atoms with van der Waals surface area (Å²) in [6, 6.07) is 1.99. The van der Waals surface area contributed by atoms with Gasteiger partial charge in [-0.3, -0.25) is 0 Å². The topological polar surface area (TPSA) is 58.6 Å². The molecule has 0 fully saturated rings. The third-order valence-electron chi connectivity index (χ3n) is 2.60. The molecule has 1 aromatic rings. The standard InChI is InChI=1S/C13H16BrF2NO3/c1-7(3-8(2)17-13(18)19)6-20-12-10(15)4-9(14)5-11(12)16/h4-5,7-8,17H,3,6H2,1-2H3,(H,18,19). The first-order chi connectivity index (χ1) is 9.29. The molecule has 2 N–H and O–H groups in total. The van der Waals surface area contributed by atoms with Crippen LogP contribution in [0.4, 0.5) is 13.6 Å². The molecule has 0 aromatic heterocycles. The molecule has 0 aliphatic carbocycles. The van der Waals surface area contributed by atoms with Crippen LogP contribution < -0.4 is 10.1 Å². The van der Waals surface area contributed by atoms with Gasteiger partial charge in [0.2, 0.25) is 0 Å². The van der Waals surface area contributed by atoms with Crippen molar-refractivity contribution < 1.29 is 23.4 Å². The van der Waals surface area contributed by atoms with Crippen LogP contribution in [-0.4, -0.2) is 23.8 Å². The summed E-state index contributed by atoms with van der Waals surface area (Å²) >= 11 is 2.98. The van der Waals surface area contributed by atoms with Crippen molar-refractivity contribution in [2.75, 3.05) is 6.61 Å². The second kappa shape index (κ2) is 7.42. The van der Waals surface area contributed by atoms with Gasteiger partial charge in [0.25, 0.3) is 0 Å². The first-order valence-corrected chi connectivity index (χ1v) is 6.85. The van der Waals surface area contributed by atoms with Gasteiger partial charge in [0, 0.05) is 10.5 Å². The normalized spacial score (nSPS) is 13.7. The van der Waals surface area contributed by atoms with E-state index in [0.29, 0.717) is 10.9 Å². The van der Waals surface area contributed by atoms with Crippen molar-refractivity contribution >= 4 is 22.0 Å². The first kappa shape index (κ1) is 16.7. The zero-order valence-electron chi connectivity index (χ0n) is 11.1. The second-order valence-corrected chi connectivity index (χ2v) is 5.62. The number of amides is 1. The Kier molecular flexibility index (Phi) is 6.19. The van der Waals surface area contributed by atoms with Gasteiger partial charge in [0.15, 0.2) is 17.4 Å². The smallest absolute Gasteiger partial charge is 0.404 e. The Morgan fingerprint density at radius 3 is 2.45 bits per heavy atom. The number of carbonyl (C=O) groups is 1. The van der Waals surface area contributed by atoms with Crippen molar-refractivity contribution in [3.05, 3.63) is 28.2 Å². The summed E-state index contributed by atoms with van der Waals surface area (Å²) in [6.07, 6.45) is -0.595. The maximum Gasteiger partial charge on any atom is 0.404 e. The minimum absolute atomic E-state index is 0.0562. The van der Waals surface area contributed by atoms with Gasteiger partial charge in [0.05, 0.1) is 6.61 Å². The van der Waals surface area contributed by atoms with Crippen LogP contribution in [0.25, 0.3) is 0 Å². The van der Waals surface area contributed by atoms with E-state index in [1.54, 1.807) is 6.92 Å². The number of rotatable bonds is 6. The van der Waals surface area contributed by atoms with E-state index in [2.05, 4.69) is 21.2 Å². The summed E-state index contributed by atoms with van der Waals surface area (Å²) in [5.74, 6) is -2.03. The van der Waals surface area contributed by atoms with Gasteiger partial charge in [0.1, 0.15) is 0 Å². The van der Waals surface area contributed by atoms with Gasteiger partial charge in [-0.15, -0.1) is 0 Å². The van der Waals surface area contributed by atoms with Crippen molar-refractivity contribution in [2.45, 2.75) is 26.3 Å². The van der Waals surface area contributed by atoms with E-state index in [1.807, 2.05) is 6.92 Å². The molecule has 0 spiro atoms. The number of ether oxygens (including phenoxy) is 1. The molecule has 0 aliphatic rings. The molecule has 0 saturated carbocycles. The second-order valence-electron chi connectivity index (χ2n) is 4.70. The highest BCUT2D eigenvalue weighted by atomic mass is 79.9. The molecule has 112 valence electrons. The van der Waals surface area contributed by atoms with Crippen LogP contribution >= 0.6 is 15.9 Å². The summed E-state index contributed by atoms with van der Waals surface area (Å²) in [4.78, 5) is 10.4. The van der Waals surface area contributed by atoms with Crippen LogP contribution in [-0.2, 0) is 0 Å². The Bertz CT molecular complexity index is 462. The van der Waals surface area contributed by atoms with Gasteiger partial charge in [-0.1, -0.05) is 22.9 Å². The fourth-order valence-electron chi connectivity index (χ4n) is 1.83. The molecule has 2 unspecified atom stereocenters. The van der Waals surface area contributed by atoms with Gasteiger partial charge in [-0.2, -0.15) is 0 Å². The van der Waals surface area contributed by atoms with Crippen LogP contribution in [0.3, 0.4) is 0 Å². The average molecular weight is 352 g/mol. The van der Waals surface area contributed by atoms with Crippen LogP contribution in [0.15, 0.2) is 16.6 Å². The van der Waals surface area contributed by atoms with E-state index in [9.17, 15) is 13.6 Å². The lowest BCUT2D eigenvalue weighted by Crippen LogP contribution is -2.33. The average Bonchev–Trinajstić information content (AvgIpc) is 2.25. The Labute approximate surface area is 124 Å². The van der Waals surface area contributed by atoms with Crippen LogP contribution in [0.5, 0.6) is 5.75 Å². The molecule has 20 heavy (non-hydrogen) atoms. The van der Waals surface area contributed by atoms with Crippen molar-refractivity contribution in [1.29, 1.82) is 0 Å². The van der Waals surface area contributed by atoms with E-state index in [0.717, 1.165) is 12.1 Å². The maximum absolute atomic E-state index is 13.5. The monoisotopic (exact) mass is 351 g/mol. The molecule has 0 bridgehead atoms. The molecule has 7 heteroatoms. The largest absolute Gasteiger partial charge is 0.487 e. The minimum Gasteiger partial charge on any atom is -0.487 e. The summed E-state index contributed by atoms with van der Waals surface area (Å²) < 4.78 is 32.5. The maximum atomic E-state index is 13.5. The van der Waals surface area contributed by atoms with E-state index < -0.39 is 23.5 Å².